The Kier molecular flexibility index (Phi) is 7.74. The minimum atomic E-state index is -0.213. The Morgan fingerprint density at radius 3 is 1.97 bits per heavy atom. The summed E-state index contributed by atoms with van der Waals surface area (Å²) >= 11 is 0. The van der Waals surface area contributed by atoms with Gasteiger partial charge in [-0.1, -0.05) is 91.6 Å². The van der Waals surface area contributed by atoms with Gasteiger partial charge in [-0.15, -0.1) is 0 Å². The van der Waals surface area contributed by atoms with E-state index in [1.807, 2.05) is 30.3 Å². The predicted octanol–water partition coefficient (Wildman–Crippen LogP) is 6.94. The summed E-state index contributed by atoms with van der Waals surface area (Å²) < 4.78 is 5.68. The Hall–Kier alpha value is -2.29. The van der Waals surface area contributed by atoms with Crippen molar-refractivity contribution in [3.8, 4) is 11.5 Å². The quantitative estimate of drug-likeness (QED) is 0.397. The average Bonchev–Trinajstić information content (AvgIpc) is 2.65. The van der Waals surface area contributed by atoms with E-state index < -0.39 is 0 Å². The third kappa shape index (κ3) is 6.35. The molecule has 0 saturated heterocycles. The van der Waals surface area contributed by atoms with Crippen molar-refractivity contribution in [2.24, 2.45) is 5.92 Å². The normalized spacial score (nSPS) is 13.2. The smallest absolute Gasteiger partial charge is 0.314 e. The highest BCUT2D eigenvalue weighted by Gasteiger charge is 2.28. The van der Waals surface area contributed by atoms with E-state index in [1.54, 1.807) is 0 Å². The molecule has 30 heavy (non-hydrogen) atoms. The van der Waals surface area contributed by atoms with Gasteiger partial charge in [0.25, 0.3) is 0 Å². The summed E-state index contributed by atoms with van der Waals surface area (Å²) in [6.07, 6.45) is 3.41. The second kappa shape index (κ2) is 9.68. The predicted molar refractivity (Wildman–Crippen MR) is 124 cm³/mol. The molecule has 3 heteroatoms. The molecule has 0 aliphatic carbocycles. The van der Waals surface area contributed by atoms with Crippen molar-refractivity contribution >= 4 is 5.97 Å². The molecule has 2 aromatic carbocycles. The number of carbonyl (C=O) groups excluding carboxylic acids is 1. The van der Waals surface area contributed by atoms with Gasteiger partial charge in [0.1, 0.15) is 11.5 Å². The van der Waals surface area contributed by atoms with Crippen LogP contribution in [0.15, 0.2) is 42.5 Å². The standard InChI is InChI=1S/C27H38O3/c1-8-9-13-20(25(29)30-21-14-11-10-12-15-21)16-19-17-22(26(2,3)4)24(28)23(18-19)27(5,6)7/h10-12,14-15,17-18,20,28H,8-9,13,16H2,1-7H3. The third-order valence-electron chi connectivity index (χ3n) is 5.47. The molecule has 0 radical (unpaired) electrons. The Balaban J connectivity index is 2.39. The van der Waals surface area contributed by atoms with Crippen LogP contribution in [0.3, 0.4) is 0 Å². The molecular formula is C27H38O3. The van der Waals surface area contributed by atoms with Gasteiger partial charge >= 0.3 is 5.97 Å². The van der Waals surface area contributed by atoms with E-state index in [9.17, 15) is 9.90 Å². The average molecular weight is 411 g/mol. The van der Waals surface area contributed by atoms with Crippen LogP contribution in [0, 0.1) is 5.92 Å². The van der Waals surface area contributed by atoms with Crippen LogP contribution in [-0.4, -0.2) is 11.1 Å². The zero-order valence-corrected chi connectivity index (χ0v) is 19.7. The van der Waals surface area contributed by atoms with E-state index in [0.29, 0.717) is 17.9 Å². The lowest BCUT2D eigenvalue weighted by Gasteiger charge is -2.29. The summed E-state index contributed by atoms with van der Waals surface area (Å²) in [6, 6.07) is 13.4. The molecule has 0 amide bonds. The van der Waals surface area contributed by atoms with E-state index in [1.165, 1.54) is 0 Å². The van der Waals surface area contributed by atoms with Crippen LogP contribution in [-0.2, 0) is 22.0 Å². The number of unbranched alkanes of at least 4 members (excludes halogenated alkanes) is 1. The Bertz CT molecular complexity index is 804. The van der Waals surface area contributed by atoms with E-state index in [2.05, 4.69) is 60.6 Å². The Morgan fingerprint density at radius 2 is 1.50 bits per heavy atom. The number of esters is 1. The molecule has 0 fully saturated rings. The highest BCUT2D eigenvalue weighted by atomic mass is 16.5. The fourth-order valence-electron chi connectivity index (χ4n) is 3.68. The Labute approximate surface area is 182 Å². The number of phenolic OH excluding ortho intramolecular Hbond substituents is 1. The van der Waals surface area contributed by atoms with Crippen LogP contribution in [0.4, 0.5) is 0 Å². The summed E-state index contributed by atoms with van der Waals surface area (Å²) in [6.45, 7) is 14.8. The van der Waals surface area contributed by atoms with E-state index in [0.717, 1.165) is 36.0 Å². The molecule has 164 valence electrons. The lowest BCUT2D eigenvalue weighted by molar-refractivity contribution is -0.139. The van der Waals surface area contributed by atoms with Crippen molar-refractivity contribution in [1.82, 2.24) is 0 Å². The monoisotopic (exact) mass is 410 g/mol. The summed E-state index contributed by atoms with van der Waals surface area (Å²) in [5.74, 6) is 0.559. The first-order chi connectivity index (χ1) is 13.9. The summed E-state index contributed by atoms with van der Waals surface area (Å²) in [5, 5.41) is 11.0. The van der Waals surface area contributed by atoms with Crippen LogP contribution in [0.2, 0.25) is 0 Å². The van der Waals surface area contributed by atoms with Gasteiger partial charge in [-0.25, -0.2) is 0 Å². The number of hydrogen-bond donors (Lipinski definition) is 1. The van der Waals surface area contributed by atoms with Crippen LogP contribution in [0.1, 0.15) is 84.4 Å². The third-order valence-corrected chi connectivity index (χ3v) is 5.47. The molecule has 0 aromatic heterocycles. The van der Waals surface area contributed by atoms with Crippen LogP contribution in [0.25, 0.3) is 0 Å². The maximum absolute atomic E-state index is 13.0. The lowest BCUT2D eigenvalue weighted by Crippen LogP contribution is -2.24. The number of ether oxygens (including phenoxy) is 1. The molecule has 1 N–H and O–H groups in total. The maximum Gasteiger partial charge on any atom is 0.314 e. The van der Waals surface area contributed by atoms with Gasteiger partial charge in [-0.3, -0.25) is 4.79 Å². The minimum absolute atomic E-state index is 0.183. The molecule has 0 aliphatic heterocycles. The number of carbonyl (C=O) groups is 1. The molecule has 0 aliphatic rings. The topological polar surface area (TPSA) is 46.5 Å². The summed E-state index contributed by atoms with van der Waals surface area (Å²) in [5.41, 5.74) is 2.55. The maximum atomic E-state index is 13.0. The molecule has 0 saturated carbocycles. The van der Waals surface area contributed by atoms with Gasteiger partial charge in [0.2, 0.25) is 0 Å². The summed E-state index contributed by atoms with van der Waals surface area (Å²) in [7, 11) is 0. The highest BCUT2D eigenvalue weighted by Crippen LogP contribution is 2.40. The molecule has 0 spiro atoms. The lowest BCUT2D eigenvalue weighted by atomic mass is 9.77. The molecule has 1 atom stereocenters. The van der Waals surface area contributed by atoms with Gasteiger partial charge in [0.15, 0.2) is 0 Å². The SMILES string of the molecule is CCCCC(Cc1cc(C(C)(C)C)c(O)c(C(C)(C)C)c1)C(=O)Oc1ccccc1. The first-order valence-corrected chi connectivity index (χ1v) is 11.1. The van der Waals surface area contributed by atoms with Gasteiger partial charge in [0, 0.05) is 0 Å². The fraction of sp³-hybridized carbons (Fsp3) is 0.519. The van der Waals surface area contributed by atoms with Gasteiger partial charge in [-0.2, -0.15) is 0 Å². The van der Waals surface area contributed by atoms with E-state index >= 15 is 0 Å². The van der Waals surface area contributed by atoms with Crippen LogP contribution in [0.5, 0.6) is 11.5 Å². The molecule has 1 unspecified atom stereocenters. The second-order valence-corrected chi connectivity index (χ2v) is 10.3. The number of para-hydroxylation sites is 1. The molecule has 3 nitrogen and oxygen atoms in total. The van der Waals surface area contributed by atoms with Crippen LogP contribution < -0.4 is 4.74 Å². The number of phenols is 1. The van der Waals surface area contributed by atoms with Crippen molar-refractivity contribution in [1.29, 1.82) is 0 Å². The first kappa shape index (κ1) is 24.0. The van der Waals surface area contributed by atoms with Gasteiger partial charge in [0.05, 0.1) is 5.92 Å². The zero-order chi connectivity index (χ0) is 22.5. The largest absolute Gasteiger partial charge is 0.507 e. The fourth-order valence-corrected chi connectivity index (χ4v) is 3.68. The van der Waals surface area contributed by atoms with Crippen molar-refractivity contribution in [3.05, 3.63) is 59.2 Å². The van der Waals surface area contributed by atoms with E-state index in [-0.39, 0.29) is 22.7 Å². The first-order valence-electron chi connectivity index (χ1n) is 11.1. The second-order valence-electron chi connectivity index (χ2n) is 10.3. The molecular weight excluding hydrogens is 372 g/mol. The summed E-state index contributed by atoms with van der Waals surface area (Å²) in [4.78, 5) is 13.0. The molecule has 2 aromatic rings. The minimum Gasteiger partial charge on any atom is -0.507 e. The number of aromatic hydroxyl groups is 1. The molecule has 2 rings (SSSR count). The van der Waals surface area contributed by atoms with Crippen LogP contribution >= 0.6 is 0 Å². The number of benzene rings is 2. The molecule has 0 heterocycles. The molecule has 0 bridgehead atoms. The van der Waals surface area contributed by atoms with Gasteiger partial charge < -0.3 is 9.84 Å². The number of hydrogen-bond acceptors (Lipinski definition) is 3. The van der Waals surface area contributed by atoms with E-state index in [4.69, 9.17) is 4.74 Å². The Morgan fingerprint density at radius 1 is 0.967 bits per heavy atom. The zero-order valence-electron chi connectivity index (χ0n) is 19.7. The number of rotatable bonds is 7. The highest BCUT2D eigenvalue weighted by molar-refractivity contribution is 5.75. The van der Waals surface area contributed by atoms with Crippen molar-refractivity contribution in [3.63, 3.8) is 0 Å². The van der Waals surface area contributed by atoms with Crippen molar-refractivity contribution < 1.29 is 14.6 Å². The van der Waals surface area contributed by atoms with Crippen molar-refractivity contribution in [2.45, 2.75) is 85.0 Å². The van der Waals surface area contributed by atoms with Gasteiger partial charge in [-0.05, 0) is 52.5 Å². The van der Waals surface area contributed by atoms with Crippen molar-refractivity contribution in [2.75, 3.05) is 0 Å².